The second kappa shape index (κ2) is 8.22. The predicted octanol–water partition coefficient (Wildman–Crippen LogP) is 3.80. The molecule has 0 aliphatic rings. The van der Waals surface area contributed by atoms with Crippen LogP contribution in [0.25, 0.3) is 0 Å². The standard InChI is InChI=1S/C17H16F3NO4S2/c1-25-16(22)11-21(13-5-3-4-12(10-13)17(18,19)20)27(23,24)15-8-6-14(26-2)7-9-15/h3-10H,11H2,1-2H3. The molecule has 0 aromatic heterocycles. The van der Waals surface area contributed by atoms with Gasteiger partial charge in [-0.25, -0.2) is 8.42 Å². The van der Waals surface area contributed by atoms with Gasteiger partial charge < -0.3 is 4.74 Å². The van der Waals surface area contributed by atoms with Crippen molar-refractivity contribution in [3.05, 3.63) is 54.1 Å². The lowest BCUT2D eigenvalue weighted by Gasteiger charge is -2.24. The zero-order chi connectivity index (χ0) is 20.2. The van der Waals surface area contributed by atoms with Gasteiger partial charge in [0.05, 0.1) is 23.3 Å². The van der Waals surface area contributed by atoms with E-state index in [2.05, 4.69) is 4.74 Å². The first-order chi connectivity index (χ1) is 12.6. The summed E-state index contributed by atoms with van der Waals surface area (Å²) in [7, 11) is -3.23. The number of halogens is 3. The van der Waals surface area contributed by atoms with E-state index in [9.17, 15) is 26.4 Å². The molecule has 2 aromatic carbocycles. The fourth-order valence-electron chi connectivity index (χ4n) is 2.21. The highest BCUT2D eigenvalue weighted by Gasteiger charge is 2.33. The SMILES string of the molecule is COC(=O)CN(c1cccc(C(F)(F)F)c1)S(=O)(=O)c1ccc(SC)cc1. The molecule has 0 radical (unpaired) electrons. The van der Waals surface area contributed by atoms with Gasteiger partial charge in [-0.05, 0) is 48.7 Å². The Hall–Kier alpha value is -2.20. The molecular weight excluding hydrogens is 403 g/mol. The van der Waals surface area contributed by atoms with Crippen molar-refractivity contribution in [2.24, 2.45) is 0 Å². The Morgan fingerprint density at radius 2 is 1.78 bits per heavy atom. The van der Waals surface area contributed by atoms with E-state index in [1.165, 1.54) is 30.0 Å². The maximum absolute atomic E-state index is 13.0. The van der Waals surface area contributed by atoms with Gasteiger partial charge in [-0.1, -0.05) is 6.07 Å². The molecule has 2 aromatic rings. The van der Waals surface area contributed by atoms with Gasteiger partial charge in [0.25, 0.3) is 10.0 Å². The van der Waals surface area contributed by atoms with Crippen molar-refractivity contribution in [1.82, 2.24) is 0 Å². The van der Waals surface area contributed by atoms with Gasteiger partial charge in [0.2, 0.25) is 0 Å². The van der Waals surface area contributed by atoms with Crippen LogP contribution >= 0.6 is 11.8 Å². The van der Waals surface area contributed by atoms with Crippen LogP contribution in [-0.4, -0.2) is 34.3 Å². The Morgan fingerprint density at radius 3 is 2.30 bits per heavy atom. The molecule has 10 heteroatoms. The van der Waals surface area contributed by atoms with E-state index in [0.29, 0.717) is 10.4 Å². The Bertz CT molecular complexity index is 913. The highest BCUT2D eigenvalue weighted by molar-refractivity contribution is 7.98. The van der Waals surface area contributed by atoms with Gasteiger partial charge in [0.15, 0.2) is 0 Å². The van der Waals surface area contributed by atoms with Crippen LogP contribution in [-0.2, 0) is 25.7 Å². The lowest BCUT2D eigenvalue weighted by Crippen LogP contribution is -2.36. The first-order valence-corrected chi connectivity index (χ1v) is 10.2. The molecule has 0 aliphatic carbocycles. The number of sulfonamides is 1. The average Bonchev–Trinajstić information content (AvgIpc) is 2.65. The summed E-state index contributed by atoms with van der Waals surface area (Å²) in [6.07, 6.45) is -2.84. The largest absolute Gasteiger partial charge is 0.468 e. The predicted molar refractivity (Wildman–Crippen MR) is 96.2 cm³/mol. The highest BCUT2D eigenvalue weighted by Crippen LogP contribution is 2.33. The van der Waals surface area contributed by atoms with Crippen LogP contribution in [0, 0.1) is 0 Å². The summed E-state index contributed by atoms with van der Waals surface area (Å²) < 4.78 is 70.0. The number of methoxy groups -OCH3 is 1. The lowest BCUT2D eigenvalue weighted by molar-refractivity contribution is -0.139. The van der Waals surface area contributed by atoms with E-state index in [0.717, 1.165) is 24.1 Å². The number of carbonyl (C=O) groups excluding carboxylic acids is 1. The Kier molecular flexibility index (Phi) is 6.42. The number of hydrogen-bond donors (Lipinski definition) is 0. The summed E-state index contributed by atoms with van der Waals surface area (Å²) in [6, 6.07) is 9.56. The number of esters is 1. The molecule has 0 N–H and O–H groups in total. The molecule has 0 bridgehead atoms. The van der Waals surface area contributed by atoms with E-state index in [4.69, 9.17) is 0 Å². The van der Waals surface area contributed by atoms with Crippen molar-refractivity contribution in [2.45, 2.75) is 16.0 Å². The zero-order valence-electron chi connectivity index (χ0n) is 14.4. The van der Waals surface area contributed by atoms with Crippen LogP contribution in [0.5, 0.6) is 0 Å². The van der Waals surface area contributed by atoms with Gasteiger partial charge >= 0.3 is 12.1 Å². The third kappa shape index (κ3) is 4.95. The summed E-state index contributed by atoms with van der Waals surface area (Å²) in [5.74, 6) is -0.906. The van der Waals surface area contributed by atoms with Crippen molar-refractivity contribution < 1.29 is 31.1 Å². The smallest absolute Gasteiger partial charge is 0.416 e. The molecule has 2 rings (SSSR count). The molecule has 27 heavy (non-hydrogen) atoms. The van der Waals surface area contributed by atoms with Crippen LogP contribution in [0.2, 0.25) is 0 Å². The Balaban J connectivity index is 2.55. The first kappa shape index (κ1) is 21.1. The number of hydrogen-bond acceptors (Lipinski definition) is 5. The Labute approximate surface area is 159 Å². The van der Waals surface area contributed by atoms with Crippen LogP contribution in [0.1, 0.15) is 5.56 Å². The van der Waals surface area contributed by atoms with Gasteiger partial charge in [0.1, 0.15) is 6.54 Å². The Morgan fingerprint density at radius 1 is 1.15 bits per heavy atom. The second-order valence-corrected chi connectivity index (χ2v) is 8.05. The summed E-state index contributed by atoms with van der Waals surface area (Å²) in [5.41, 5.74) is -1.31. The van der Waals surface area contributed by atoms with Crippen molar-refractivity contribution in [2.75, 3.05) is 24.2 Å². The van der Waals surface area contributed by atoms with Crippen LogP contribution in [0.15, 0.2) is 58.3 Å². The third-order valence-corrected chi connectivity index (χ3v) is 6.14. The van der Waals surface area contributed by atoms with Gasteiger partial charge in [-0.2, -0.15) is 13.2 Å². The summed E-state index contributed by atoms with van der Waals surface area (Å²) in [5, 5.41) is 0. The molecule has 0 atom stereocenters. The van der Waals surface area contributed by atoms with E-state index < -0.39 is 34.3 Å². The fourth-order valence-corrected chi connectivity index (χ4v) is 4.02. The maximum Gasteiger partial charge on any atom is 0.416 e. The third-order valence-electron chi connectivity index (χ3n) is 3.61. The second-order valence-electron chi connectivity index (χ2n) is 5.31. The van der Waals surface area contributed by atoms with E-state index in [-0.39, 0.29) is 10.6 Å². The summed E-state index contributed by atoms with van der Waals surface area (Å²) >= 11 is 1.40. The minimum absolute atomic E-state index is 0.151. The van der Waals surface area contributed by atoms with Crippen LogP contribution in [0.4, 0.5) is 18.9 Å². The molecule has 0 unspecified atom stereocenters. The number of ether oxygens (including phenoxy) is 1. The highest BCUT2D eigenvalue weighted by atomic mass is 32.2. The molecule has 0 spiro atoms. The number of nitrogens with zero attached hydrogens (tertiary/aromatic N) is 1. The molecule has 0 saturated heterocycles. The minimum atomic E-state index is -4.66. The van der Waals surface area contributed by atoms with Crippen molar-refractivity contribution in [3.63, 3.8) is 0 Å². The number of alkyl halides is 3. The van der Waals surface area contributed by atoms with Crippen molar-refractivity contribution >= 4 is 33.4 Å². The molecule has 146 valence electrons. The number of benzene rings is 2. The normalized spacial score (nSPS) is 11.9. The topological polar surface area (TPSA) is 63.7 Å². The maximum atomic E-state index is 13.0. The van der Waals surface area contributed by atoms with Gasteiger partial charge in [-0.15, -0.1) is 11.8 Å². The molecule has 5 nitrogen and oxygen atoms in total. The number of anilines is 1. The number of rotatable bonds is 6. The monoisotopic (exact) mass is 419 g/mol. The van der Waals surface area contributed by atoms with Crippen molar-refractivity contribution in [1.29, 1.82) is 0 Å². The quantitative estimate of drug-likeness (QED) is 0.527. The first-order valence-electron chi connectivity index (χ1n) is 7.50. The fraction of sp³-hybridized carbons (Fsp3) is 0.235. The molecule has 0 fully saturated rings. The summed E-state index contributed by atoms with van der Waals surface area (Å²) in [6.45, 7) is -0.760. The molecule has 0 saturated carbocycles. The van der Waals surface area contributed by atoms with Crippen LogP contribution in [0.3, 0.4) is 0 Å². The molecular formula is C17H16F3NO4S2. The van der Waals surface area contributed by atoms with Gasteiger partial charge in [-0.3, -0.25) is 9.10 Å². The minimum Gasteiger partial charge on any atom is -0.468 e. The average molecular weight is 419 g/mol. The van der Waals surface area contributed by atoms with E-state index in [1.807, 2.05) is 6.26 Å². The number of carbonyl (C=O) groups is 1. The zero-order valence-corrected chi connectivity index (χ0v) is 16.0. The van der Waals surface area contributed by atoms with Gasteiger partial charge in [0, 0.05) is 4.90 Å². The molecule has 0 heterocycles. The number of thioether (sulfide) groups is 1. The van der Waals surface area contributed by atoms with E-state index >= 15 is 0 Å². The molecule has 0 amide bonds. The summed E-state index contributed by atoms with van der Waals surface area (Å²) in [4.78, 5) is 12.4. The lowest BCUT2D eigenvalue weighted by atomic mass is 10.2. The van der Waals surface area contributed by atoms with Crippen molar-refractivity contribution in [3.8, 4) is 0 Å². The van der Waals surface area contributed by atoms with Crippen LogP contribution < -0.4 is 4.31 Å². The molecule has 0 aliphatic heterocycles. The van der Waals surface area contributed by atoms with E-state index in [1.54, 1.807) is 12.1 Å².